The molecule has 0 fully saturated rings. The summed E-state index contributed by atoms with van der Waals surface area (Å²) in [6.07, 6.45) is 33.8. The molecule has 332 valence electrons. The molecule has 0 saturated carbocycles. The van der Waals surface area contributed by atoms with Gasteiger partial charge in [-0.05, 0) is 102 Å². The maximum absolute atomic E-state index is 12.8. The van der Waals surface area contributed by atoms with Gasteiger partial charge in [0.2, 0.25) is 0 Å². The van der Waals surface area contributed by atoms with Crippen LogP contribution in [-0.2, 0) is 19.1 Å². The third-order valence-electron chi connectivity index (χ3n) is 11.2. The lowest BCUT2D eigenvalue weighted by Crippen LogP contribution is -2.34. The highest BCUT2D eigenvalue weighted by Crippen LogP contribution is 2.19. The number of ether oxygens (including phenoxy) is 2. The fourth-order valence-corrected chi connectivity index (χ4v) is 7.57. The number of aromatic nitrogens is 1. The number of nitrogens with one attached hydrogen (secondary N) is 2. The quantitative estimate of drug-likeness (QED) is 0.0445. The fourth-order valence-electron chi connectivity index (χ4n) is 7.57. The molecule has 1 heterocycles. The number of aromatic amines is 1. The van der Waals surface area contributed by atoms with E-state index in [9.17, 15) is 19.5 Å². The van der Waals surface area contributed by atoms with Crippen LogP contribution < -0.4 is 5.32 Å². The lowest BCUT2D eigenvalue weighted by Gasteiger charge is -2.25. The highest BCUT2D eigenvalue weighted by atomic mass is 16.5. The minimum Gasteiger partial charge on any atom is -0.465 e. The van der Waals surface area contributed by atoms with Crippen LogP contribution in [0.1, 0.15) is 224 Å². The van der Waals surface area contributed by atoms with Crippen molar-refractivity contribution in [3.8, 4) is 0 Å². The lowest BCUT2D eigenvalue weighted by molar-refractivity contribution is -0.150. The first-order valence-corrected chi connectivity index (χ1v) is 23.9. The molecule has 0 aliphatic rings. The average Bonchev–Trinajstić information content (AvgIpc) is 3.74. The predicted octanol–water partition coefficient (Wildman–Crippen LogP) is 11.9. The molecule has 0 saturated heterocycles. The molecule has 0 aliphatic heterocycles. The maximum Gasteiger partial charge on any atom is 0.306 e. The minimum absolute atomic E-state index is 0.0144. The first kappa shape index (κ1) is 52.6. The molecule has 1 rings (SSSR count). The summed E-state index contributed by atoms with van der Waals surface area (Å²) >= 11 is 0. The Morgan fingerprint density at radius 3 is 1.81 bits per heavy atom. The van der Waals surface area contributed by atoms with Crippen molar-refractivity contribution in [1.82, 2.24) is 15.2 Å². The Morgan fingerprint density at radius 2 is 1.21 bits per heavy atom. The molecule has 2 atom stereocenters. The molecule has 1 aromatic rings. The molecule has 9 heteroatoms. The Kier molecular flexibility index (Phi) is 34.9. The van der Waals surface area contributed by atoms with Crippen molar-refractivity contribution >= 4 is 17.8 Å². The number of esters is 2. The molecular formula is C48H89N3O6. The zero-order chi connectivity index (χ0) is 41.6. The SMILES string of the molecule is CCCCCCCCC(CCCCCCCC)OC(=O)CCCCCCCN(CCCCCC(=O)OCC(C)CCC)CC(O)CCCCNC(=O)c1cc[nH]c1. The monoisotopic (exact) mass is 804 g/mol. The number of unbranched alkanes of at least 4 members (excludes halogenated alkanes) is 17. The van der Waals surface area contributed by atoms with E-state index in [1.807, 2.05) is 0 Å². The van der Waals surface area contributed by atoms with E-state index < -0.39 is 6.10 Å². The normalized spacial score (nSPS) is 12.6. The number of H-pyrrole nitrogens is 1. The van der Waals surface area contributed by atoms with E-state index in [0.29, 0.717) is 50.4 Å². The second kappa shape index (κ2) is 37.9. The summed E-state index contributed by atoms with van der Waals surface area (Å²) in [5.74, 6) is 0.229. The van der Waals surface area contributed by atoms with Crippen LogP contribution >= 0.6 is 0 Å². The van der Waals surface area contributed by atoms with Gasteiger partial charge in [0.25, 0.3) is 5.91 Å². The second-order valence-electron chi connectivity index (χ2n) is 16.9. The van der Waals surface area contributed by atoms with Crippen LogP contribution in [0.5, 0.6) is 0 Å². The van der Waals surface area contributed by atoms with E-state index in [2.05, 4.69) is 42.9 Å². The van der Waals surface area contributed by atoms with Crippen molar-refractivity contribution in [3.63, 3.8) is 0 Å². The Bertz CT molecular complexity index is 1050. The largest absolute Gasteiger partial charge is 0.465 e. The van der Waals surface area contributed by atoms with Crippen LogP contribution in [0, 0.1) is 5.92 Å². The number of nitrogens with zero attached hydrogens (tertiary/aromatic N) is 1. The number of carbonyl (C=O) groups excluding carboxylic acids is 3. The molecule has 9 nitrogen and oxygen atoms in total. The summed E-state index contributed by atoms with van der Waals surface area (Å²) in [5, 5.41) is 13.9. The van der Waals surface area contributed by atoms with Gasteiger partial charge in [0.05, 0.1) is 18.3 Å². The molecule has 0 bridgehead atoms. The molecule has 1 aromatic heterocycles. The van der Waals surface area contributed by atoms with Gasteiger partial charge in [0, 0.05) is 38.3 Å². The van der Waals surface area contributed by atoms with Crippen molar-refractivity contribution in [2.75, 3.05) is 32.8 Å². The molecule has 0 aliphatic carbocycles. The van der Waals surface area contributed by atoms with Gasteiger partial charge in [-0.25, -0.2) is 0 Å². The first-order valence-electron chi connectivity index (χ1n) is 23.9. The lowest BCUT2D eigenvalue weighted by atomic mass is 10.0. The Labute approximate surface area is 350 Å². The molecule has 57 heavy (non-hydrogen) atoms. The van der Waals surface area contributed by atoms with E-state index in [1.54, 1.807) is 18.5 Å². The molecule has 0 spiro atoms. The van der Waals surface area contributed by atoms with E-state index >= 15 is 0 Å². The third-order valence-corrected chi connectivity index (χ3v) is 11.2. The number of aliphatic hydroxyl groups excluding tert-OH is 1. The van der Waals surface area contributed by atoms with Crippen molar-refractivity contribution in [3.05, 3.63) is 24.0 Å². The van der Waals surface area contributed by atoms with Gasteiger partial charge in [-0.3, -0.25) is 14.4 Å². The number of hydrogen-bond acceptors (Lipinski definition) is 7. The van der Waals surface area contributed by atoms with Gasteiger partial charge < -0.3 is 29.8 Å². The Hall–Kier alpha value is -2.39. The fraction of sp³-hybridized carbons (Fsp3) is 0.854. The Balaban J connectivity index is 2.42. The topological polar surface area (TPSA) is 121 Å². The molecule has 2 unspecified atom stereocenters. The van der Waals surface area contributed by atoms with Gasteiger partial charge in [0.15, 0.2) is 0 Å². The molecule has 1 amide bonds. The van der Waals surface area contributed by atoms with Gasteiger partial charge in [-0.2, -0.15) is 0 Å². The summed E-state index contributed by atoms with van der Waals surface area (Å²) in [7, 11) is 0. The van der Waals surface area contributed by atoms with Gasteiger partial charge in [-0.1, -0.05) is 124 Å². The summed E-state index contributed by atoms with van der Waals surface area (Å²) in [6.45, 7) is 12.4. The standard InChI is InChI=1S/C48H89N3O6/c1-5-8-10-12-15-20-30-45(31-21-16-13-11-9-6-2)57-47(54)33-22-17-14-18-26-37-51(38-27-19-23-32-46(53)56-41-42(4)28-7-3)40-44(52)29-24-25-35-50-48(55)43-34-36-49-39-43/h34,36,39,42,44-45,49,52H,5-33,35,37-38,40-41H2,1-4H3,(H,50,55). The van der Waals surface area contributed by atoms with Crippen molar-refractivity contribution in [1.29, 1.82) is 0 Å². The minimum atomic E-state index is -0.414. The predicted molar refractivity (Wildman–Crippen MR) is 236 cm³/mol. The molecular weight excluding hydrogens is 715 g/mol. The summed E-state index contributed by atoms with van der Waals surface area (Å²) in [5.41, 5.74) is 0.632. The highest BCUT2D eigenvalue weighted by molar-refractivity contribution is 5.93. The number of carbonyl (C=O) groups is 3. The third kappa shape index (κ3) is 32.2. The van der Waals surface area contributed by atoms with Crippen LogP contribution in [0.25, 0.3) is 0 Å². The summed E-state index contributed by atoms with van der Waals surface area (Å²) in [6, 6.07) is 1.76. The van der Waals surface area contributed by atoms with Crippen molar-refractivity contribution in [2.45, 2.75) is 226 Å². The maximum atomic E-state index is 12.8. The van der Waals surface area contributed by atoms with Crippen molar-refractivity contribution in [2.24, 2.45) is 5.92 Å². The van der Waals surface area contributed by atoms with Gasteiger partial charge in [-0.15, -0.1) is 0 Å². The summed E-state index contributed by atoms with van der Waals surface area (Å²) < 4.78 is 11.5. The number of amides is 1. The number of aliphatic hydroxyl groups is 1. The van der Waals surface area contributed by atoms with Crippen LogP contribution in [0.3, 0.4) is 0 Å². The van der Waals surface area contributed by atoms with Gasteiger partial charge in [0.1, 0.15) is 6.10 Å². The highest BCUT2D eigenvalue weighted by Gasteiger charge is 2.16. The van der Waals surface area contributed by atoms with Gasteiger partial charge >= 0.3 is 11.9 Å². The van der Waals surface area contributed by atoms with Crippen LogP contribution in [-0.4, -0.2) is 77.8 Å². The smallest absolute Gasteiger partial charge is 0.306 e. The Morgan fingerprint density at radius 1 is 0.667 bits per heavy atom. The zero-order valence-electron chi connectivity index (χ0n) is 37.4. The first-order chi connectivity index (χ1) is 27.8. The van der Waals surface area contributed by atoms with E-state index in [4.69, 9.17) is 9.47 Å². The van der Waals surface area contributed by atoms with E-state index in [0.717, 1.165) is 116 Å². The molecule has 3 N–H and O–H groups in total. The van der Waals surface area contributed by atoms with Crippen molar-refractivity contribution < 1.29 is 29.0 Å². The van der Waals surface area contributed by atoms with Crippen LogP contribution in [0.2, 0.25) is 0 Å². The zero-order valence-corrected chi connectivity index (χ0v) is 37.4. The average molecular weight is 804 g/mol. The number of hydrogen-bond donors (Lipinski definition) is 3. The molecule has 0 radical (unpaired) electrons. The van der Waals surface area contributed by atoms with E-state index in [-0.39, 0.29) is 23.9 Å². The van der Waals surface area contributed by atoms with Crippen LogP contribution in [0.4, 0.5) is 0 Å². The number of rotatable bonds is 41. The van der Waals surface area contributed by atoms with Crippen LogP contribution in [0.15, 0.2) is 18.5 Å². The summed E-state index contributed by atoms with van der Waals surface area (Å²) in [4.78, 5) is 42.5. The van der Waals surface area contributed by atoms with E-state index in [1.165, 1.54) is 64.2 Å². The molecule has 0 aromatic carbocycles. The second-order valence-corrected chi connectivity index (χ2v) is 16.9.